The third-order valence-corrected chi connectivity index (χ3v) is 5.38. The van der Waals surface area contributed by atoms with Gasteiger partial charge in [0.2, 0.25) is 0 Å². The van der Waals surface area contributed by atoms with Crippen LogP contribution in [-0.2, 0) is 9.84 Å². The van der Waals surface area contributed by atoms with Gasteiger partial charge in [-0.15, -0.1) is 0 Å². The summed E-state index contributed by atoms with van der Waals surface area (Å²) in [4.78, 5) is 0. The van der Waals surface area contributed by atoms with Crippen LogP contribution < -0.4 is 5.32 Å². The van der Waals surface area contributed by atoms with Gasteiger partial charge >= 0.3 is 0 Å². The van der Waals surface area contributed by atoms with E-state index in [9.17, 15) is 8.42 Å². The molecular weight excluding hydrogens is 222 g/mol. The van der Waals surface area contributed by atoms with Crippen LogP contribution in [0.15, 0.2) is 0 Å². The van der Waals surface area contributed by atoms with Crippen molar-refractivity contribution in [3.05, 3.63) is 0 Å². The average molecular weight is 247 g/mol. The summed E-state index contributed by atoms with van der Waals surface area (Å²) in [6.07, 6.45) is 6.64. The maximum Gasteiger partial charge on any atom is 0.151 e. The van der Waals surface area contributed by atoms with E-state index in [4.69, 9.17) is 0 Å². The van der Waals surface area contributed by atoms with E-state index in [1.54, 1.807) is 6.92 Å². The molecule has 1 saturated carbocycles. The summed E-state index contributed by atoms with van der Waals surface area (Å²) in [7, 11) is -2.81. The van der Waals surface area contributed by atoms with Gasteiger partial charge in [0.05, 0.1) is 5.75 Å². The number of hydrogen-bond acceptors (Lipinski definition) is 3. The van der Waals surface area contributed by atoms with Gasteiger partial charge in [0.25, 0.3) is 0 Å². The summed E-state index contributed by atoms with van der Waals surface area (Å²) in [5.41, 5.74) is 0. The van der Waals surface area contributed by atoms with Crippen LogP contribution >= 0.6 is 0 Å². The van der Waals surface area contributed by atoms with Crippen LogP contribution in [0.1, 0.15) is 46.0 Å². The highest BCUT2D eigenvalue weighted by Gasteiger charge is 2.19. The highest BCUT2D eigenvalue weighted by Crippen LogP contribution is 2.26. The average Bonchev–Trinajstić information content (AvgIpc) is 2.30. The Kier molecular flexibility index (Phi) is 5.76. The Balaban J connectivity index is 2.21. The van der Waals surface area contributed by atoms with E-state index in [0.717, 1.165) is 5.92 Å². The van der Waals surface area contributed by atoms with Crippen LogP contribution in [0.4, 0.5) is 0 Å². The van der Waals surface area contributed by atoms with E-state index >= 15 is 0 Å². The van der Waals surface area contributed by atoms with Crippen molar-refractivity contribution in [1.82, 2.24) is 5.32 Å². The van der Waals surface area contributed by atoms with Gasteiger partial charge in [-0.25, -0.2) is 8.42 Å². The molecule has 0 aliphatic heterocycles. The molecule has 0 saturated heterocycles. The third kappa shape index (κ3) is 4.83. The lowest BCUT2D eigenvalue weighted by atomic mass is 9.84. The topological polar surface area (TPSA) is 46.2 Å². The minimum atomic E-state index is -2.81. The number of hydrogen-bond donors (Lipinski definition) is 1. The molecule has 1 fully saturated rings. The Labute approximate surface area is 99.9 Å². The first kappa shape index (κ1) is 14.0. The Morgan fingerprint density at radius 1 is 1.25 bits per heavy atom. The Hall–Kier alpha value is -0.0900. The fourth-order valence-corrected chi connectivity index (χ4v) is 3.10. The van der Waals surface area contributed by atoms with Gasteiger partial charge < -0.3 is 5.32 Å². The van der Waals surface area contributed by atoms with E-state index in [1.165, 1.54) is 32.1 Å². The molecule has 16 heavy (non-hydrogen) atoms. The third-order valence-electron chi connectivity index (χ3n) is 3.68. The maximum atomic E-state index is 11.3. The first-order valence-corrected chi connectivity index (χ1v) is 8.31. The van der Waals surface area contributed by atoms with Gasteiger partial charge in [-0.1, -0.05) is 26.2 Å². The van der Waals surface area contributed by atoms with Gasteiger partial charge in [0, 0.05) is 18.3 Å². The zero-order valence-electron chi connectivity index (χ0n) is 10.5. The lowest BCUT2D eigenvalue weighted by Crippen LogP contribution is -2.37. The lowest BCUT2D eigenvalue weighted by Gasteiger charge is -2.28. The Morgan fingerprint density at radius 2 is 1.88 bits per heavy atom. The molecule has 3 nitrogen and oxygen atoms in total. The molecule has 0 aromatic carbocycles. The van der Waals surface area contributed by atoms with Crippen molar-refractivity contribution in [3.63, 3.8) is 0 Å². The van der Waals surface area contributed by atoms with Gasteiger partial charge in [-0.2, -0.15) is 0 Å². The molecule has 0 spiro atoms. The van der Waals surface area contributed by atoms with E-state index in [-0.39, 0.29) is 11.5 Å². The fraction of sp³-hybridized carbons (Fsp3) is 1.00. The molecule has 4 heteroatoms. The van der Waals surface area contributed by atoms with Crippen molar-refractivity contribution < 1.29 is 8.42 Å². The number of rotatable bonds is 6. The second-order valence-corrected chi connectivity index (χ2v) is 7.35. The lowest BCUT2D eigenvalue weighted by molar-refractivity contribution is 0.285. The van der Waals surface area contributed by atoms with E-state index in [0.29, 0.717) is 12.6 Å². The predicted molar refractivity (Wildman–Crippen MR) is 68.4 cm³/mol. The molecule has 0 radical (unpaired) electrons. The van der Waals surface area contributed by atoms with Crippen molar-refractivity contribution in [2.24, 2.45) is 5.92 Å². The maximum absolute atomic E-state index is 11.3. The Morgan fingerprint density at radius 3 is 2.44 bits per heavy atom. The molecule has 1 rings (SSSR count). The van der Waals surface area contributed by atoms with Crippen LogP contribution in [0, 0.1) is 5.92 Å². The zero-order valence-corrected chi connectivity index (χ0v) is 11.4. The molecule has 1 atom stereocenters. The molecule has 0 heterocycles. The molecule has 1 N–H and O–H groups in total. The molecule has 0 unspecified atom stereocenters. The standard InChI is InChI=1S/C12H25NO2S/c1-3-16(14,15)10-9-13-11(2)12-7-5-4-6-8-12/h11-13H,3-10H2,1-2H3/t11-/m1/s1. The van der Waals surface area contributed by atoms with Crippen LogP contribution in [-0.4, -0.2) is 32.5 Å². The fourth-order valence-electron chi connectivity index (χ4n) is 2.39. The molecule has 1 aliphatic carbocycles. The molecule has 0 aromatic heterocycles. The van der Waals surface area contributed by atoms with Gasteiger partial charge in [-0.3, -0.25) is 0 Å². The van der Waals surface area contributed by atoms with Crippen LogP contribution in [0.25, 0.3) is 0 Å². The van der Waals surface area contributed by atoms with Crippen LogP contribution in [0.3, 0.4) is 0 Å². The van der Waals surface area contributed by atoms with Gasteiger partial charge in [0.1, 0.15) is 0 Å². The highest BCUT2D eigenvalue weighted by atomic mass is 32.2. The van der Waals surface area contributed by atoms with Crippen LogP contribution in [0.2, 0.25) is 0 Å². The minimum absolute atomic E-state index is 0.256. The summed E-state index contributed by atoms with van der Waals surface area (Å²) in [6, 6.07) is 0.465. The van der Waals surface area contributed by atoms with E-state index in [1.807, 2.05) is 0 Å². The van der Waals surface area contributed by atoms with Gasteiger partial charge in [0.15, 0.2) is 9.84 Å². The molecule has 0 amide bonds. The van der Waals surface area contributed by atoms with Crippen molar-refractivity contribution in [2.75, 3.05) is 18.1 Å². The van der Waals surface area contributed by atoms with E-state index < -0.39 is 9.84 Å². The SMILES string of the molecule is CCS(=O)(=O)CCN[C@H](C)C1CCCCC1. The highest BCUT2D eigenvalue weighted by molar-refractivity contribution is 7.91. The second kappa shape index (κ2) is 6.60. The monoisotopic (exact) mass is 247 g/mol. The molecular formula is C12H25NO2S. The summed E-state index contributed by atoms with van der Waals surface area (Å²) < 4.78 is 22.6. The molecule has 96 valence electrons. The molecule has 0 aromatic rings. The minimum Gasteiger partial charge on any atom is -0.313 e. The second-order valence-electron chi connectivity index (χ2n) is 4.88. The van der Waals surface area contributed by atoms with Crippen molar-refractivity contribution >= 4 is 9.84 Å². The molecule has 1 aliphatic rings. The largest absolute Gasteiger partial charge is 0.313 e. The van der Waals surface area contributed by atoms with Gasteiger partial charge in [-0.05, 0) is 25.7 Å². The summed E-state index contributed by atoms with van der Waals surface area (Å²) in [5, 5.41) is 3.36. The van der Waals surface area contributed by atoms with Crippen molar-refractivity contribution in [1.29, 1.82) is 0 Å². The number of sulfone groups is 1. The quantitative estimate of drug-likeness (QED) is 0.780. The van der Waals surface area contributed by atoms with Crippen molar-refractivity contribution in [2.45, 2.75) is 52.0 Å². The zero-order chi connectivity index (χ0) is 12.0. The Bertz CT molecular complexity index is 281. The number of nitrogens with one attached hydrogen (secondary N) is 1. The van der Waals surface area contributed by atoms with Crippen LogP contribution in [0.5, 0.6) is 0 Å². The summed E-state index contributed by atoms with van der Waals surface area (Å²) in [6.45, 7) is 4.50. The summed E-state index contributed by atoms with van der Waals surface area (Å²) in [5.74, 6) is 1.28. The smallest absolute Gasteiger partial charge is 0.151 e. The normalized spacial score (nSPS) is 20.9. The summed E-state index contributed by atoms with van der Waals surface area (Å²) >= 11 is 0. The molecule has 0 bridgehead atoms. The predicted octanol–water partition coefficient (Wildman–Crippen LogP) is 1.98. The van der Waals surface area contributed by atoms with Crippen molar-refractivity contribution in [3.8, 4) is 0 Å². The first-order chi connectivity index (χ1) is 7.55. The van der Waals surface area contributed by atoms with E-state index in [2.05, 4.69) is 12.2 Å². The first-order valence-electron chi connectivity index (χ1n) is 6.49.